The van der Waals surface area contributed by atoms with Crippen molar-refractivity contribution in [1.82, 2.24) is 15.2 Å². The number of ether oxygens (including phenoxy) is 1. The van der Waals surface area contributed by atoms with Gasteiger partial charge < -0.3 is 15.4 Å². The number of carbonyl (C=O) groups excluding carboxylic acids is 2. The minimum Gasteiger partial charge on any atom is -0.457 e. The van der Waals surface area contributed by atoms with Crippen molar-refractivity contribution in [3.05, 3.63) is 71.2 Å². The maximum absolute atomic E-state index is 14.1. The number of pyridine rings is 1. The molecule has 4 heterocycles. The summed E-state index contributed by atoms with van der Waals surface area (Å²) in [5, 5.41) is 6.22. The van der Waals surface area contributed by atoms with Crippen LogP contribution in [-0.2, 0) is 0 Å². The summed E-state index contributed by atoms with van der Waals surface area (Å²) in [7, 11) is 1.60. The van der Waals surface area contributed by atoms with E-state index < -0.39 is 30.3 Å². The molecule has 2 aliphatic rings. The quantitative estimate of drug-likeness (QED) is 0.312. The fourth-order valence-electron chi connectivity index (χ4n) is 5.22. The van der Waals surface area contributed by atoms with E-state index in [9.17, 15) is 18.4 Å². The Kier molecular flexibility index (Phi) is 6.19. The van der Waals surface area contributed by atoms with Crippen molar-refractivity contribution >= 4 is 50.6 Å². The lowest BCUT2D eigenvalue weighted by Crippen LogP contribution is -2.53. The lowest BCUT2D eigenvalue weighted by atomic mass is 10.0. The van der Waals surface area contributed by atoms with Crippen molar-refractivity contribution in [2.24, 2.45) is 0 Å². The van der Waals surface area contributed by atoms with Crippen molar-refractivity contribution in [2.45, 2.75) is 25.3 Å². The van der Waals surface area contributed by atoms with Gasteiger partial charge in [0.1, 0.15) is 21.2 Å². The molecule has 8 nitrogen and oxygen atoms in total. The third-order valence-corrected chi connectivity index (χ3v) is 7.85. The predicted molar refractivity (Wildman–Crippen MR) is 147 cm³/mol. The van der Waals surface area contributed by atoms with Crippen molar-refractivity contribution in [3.8, 4) is 11.5 Å². The largest absolute Gasteiger partial charge is 0.457 e. The zero-order valence-electron chi connectivity index (χ0n) is 21.2. The van der Waals surface area contributed by atoms with E-state index in [1.54, 1.807) is 30.3 Å². The van der Waals surface area contributed by atoms with Gasteiger partial charge >= 0.3 is 6.03 Å². The standard InChI is InChI=1S/C28H25F2N5O3S/c1-16-12-19(38-18-6-4-3-5-7-18)8-9-20(16)35-21-10-11-31-26-22(21)23(33-27(35)37)24(39-26)25(36)32-17-13-28(29,30)15-34(2)14-17/h3-12,17H,13-15H2,1-2H3,(H,32,36)(H,33,37)/t17-/m1/s1. The van der Waals surface area contributed by atoms with E-state index in [4.69, 9.17) is 4.74 Å². The molecule has 2 N–H and O–H groups in total. The number of nitrogens with one attached hydrogen (secondary N) is 2. The molecule has 4 aromatic rings. The highest BCUT2D eigenvalue weighted by Gasteiger charge is 2.40. The van der Waals surface area contributed by atoms with Crippen LogP contribution >= 0.6 is 11.3 Å². The molecule has 0 radical (unpaired) electrons. The Bertz CT molecular complexity index is 1590. The summed E-state index contributed by atoms with van der Waals surface area (Å²) in [6, 6.07) is 15.4. The van der Waals surface area contributed by atoms with E-state index in [1.165, 1.54) is 4.90 Å². The van der Waals surface area contributed by atoms with Crippen LogP contribution in [-0.4, -0.2) is 53.9 Å². The second kappa shape index (κ2) is 9.58. The summed E-state index contributed by atoms with van der Waals surface area (Å²) in [6.07, 6.45) is 1.15. The highest BCUT2D eigenvalue weighted by molar-refractivity contribution is 7.21. The summed E-state index contributed by atoms with van der Waals surface area (Å²) < 4.78 is 34.1. The number of hydrogen-bond acceptors (Lipinski definition) is 6. The molecule has 2 aliphatic heterocycles. The van der Waals surface area contributed by atoms with E-state index in [0.717, 1.165) is 16.9 Å². The zero-order chi connectivity index (χ0) is 27.3. The van der Waals surface area contributed by atoms with Crippen LogP contribution in [0.2, 0.25) is 0 Å². The second-order valence-electron chi connectivity index (χ2n) is 9.87. The van der Waals surface area contributed by atoms with Crippen LogP contribution in [0.15, 0.2) is 60.8 Å². The van der Waals surface area contributed by atoms with Crippen LogP contribution in [0, 0.1) is 6.92 Å². The number of para-hydroxylation sites is 1. The molecule has 6 rings (SSSR count). The Morgan fingerprint density at radius 2 is 1.95 bits per heavy atom. The van der Waals surface area contributed by atoms with Crippen LogP contribution in [0.25, 0.3) is 10.2 Å². The van der Waals surface area contributed by atoms with E-state index in [0.29, 0.717) is 45.3 Å². The first-order valence-corrected chi connectivity index (χ1v) is 13.2. The molecule has 0 unspecified atom stereocenters. The molecule has 39 heavy (non-hydrogen) atoms. The third-order valence-electron chi connectivity index (χ3n) is 6.75. The topological polar surface area (TPSA) is 86.8 Å². The molecule has 1 atom stereocenters. The van der Waals surface area contributed by atoms with Gasteiger partial charge in [0.25, 0.3) is 11.8 Å². The van der Waals surface area contributed by atoms with Gasteiger partial charge in [-0.05, 0) is 55.9 Å². The normalized spacial score (nSPS) is 18.6. The molecule has 1 saturated heterocycles. The van der Waals surface area contributed by atoms with Gasteiger partial charge in [-0.15, -0.1) is 11.3 Å². The first kappa shape index (κ1) is 25.2. The minimum absolute atomic E-state index is 0.234. The number of likely N-dealkylation sites (tertiary alicyclic amines) is 1. The minimum atomic E-state index is -2.89. The summed E-state index contributed by atoms with van der Waals surface area (Å²) in [6.45, 7) is 1.86. The molecule has 11 heteroatoms. The van der Waals surface area contributed by atoms with E-state index in [-0.39, 0.29) is 11.4 Å². The van der Waals surface area contributed by atoms with Crippen molar-refractivity contribution < 1.29 is 23.1 Å². The Balaban J connectivity index is 1.32. The van der Waals surface area contributed by atoms with Crippen LogP contribution in [0.5, 0.6) is 11.5 Å². The molecule has 3 amide bonds. The number of likely N-dealkylation sites (N-methyl/N-ethyl adjacent to an activating group) is 1. The lowest BCUT2D eigenvalue weighted by Gasteiger charge is -2.35. The number of piperidine rings is 1. The first-order chi connectivity index (χ1) is 18.7. The molecule has 0 bridgehead atoms. The molecule has 0 aliphatic carbocycles. The Hall–Kier alpha value is -4.09. The average molecular weight is 550 g/mol. The monoisotopic (exact) mass is 549 g/mol. The number of alkyl halides is 2. The number of urea groups is 1. The number of aromatic nitrogens is 1. The Morgan fingerprint density at radius 3 is 2.69 bits per heavy atom. The van der Waals surface area contributed by atoms with Gasteiger partial charge in [0, 0.05) is 25.2 Å². The summed E-state index contributed by atoms with van der Waals surface area (Å²) in [5.74, 6) is -2.06. The molecular weight excluding hydrogens is 524 g/mol. The number of hydrogen-bond donors (Lipinski definition) is 2. The SMILES string of the molecule is Cc1cc(Oc2ccccc2)ccc1N1C(=O)Nc2c(C(=O)N[C@H]3CN(C)CC(F)(F)C3)sc3nccc1c23. The number of halogens is 2. The number of benzene rings is 2. The maximum atomic E-state index is 14.1. The number of rotatable bonds is 5. The number of amides is 3. The molecule has 0 spiro atoms. The van der Waals surface area contributed by atoms with Gasteiger partial charge in [0.05, 0.1) is 29.0 Å². The molecule has 0 saturated carbocycles. The predicted octanol–water partition coefficient (Wildman–Crippen LogP) is 6.15. The fourth-order valence-corrected chi connectivity index (χ4v) is 6.25. The summed E-state index contributed by atoms with van der Waals surface area (Å²) >= 11 is 1.12. The van der Waals surface area contributed by atoms with E-state index in [1.807, 2.05) is 49.4 Å². The van der Waals surface area contributed by atoms with Gasteiger partial charge in [-0.3, -0.25) is 14.6 Å². The maximum Gasteiger partial charge on any atom is 0.331 e. The van der Waals surface area contributed by atoms with E-state index >= 15 is 0 Å². The zero-order valence-corrected chi connectivity index (χ0v) is 22.0. The lowest BCUT2D eigenvalue weighted by molar-refractivity contribution is -0.0670. The van der Waals surface area contributed by atoms with E-state index in [2.05, 4.69) is 15.6 Å². The average Bonchev–Trinajstić information content (AvgIpc) is 3.24. The van der Waals surface area contributed by atoms with Gasteiger partial charge in [-0.25, -0.2) is 18.6 Å². The summed E-state index contributed by atoms with van der Waals surface area (Å²) in [4.78, 5) is 35.0. The summed E-state index contributed by atoms with van der Waals surface area (Å²) in [5.41, 5.74) is 2.38. The van der Waals surface area contributed by atoms with Crippen LogP contribution < -0.4 is 20.3 Å². The first-order valence-electron chi connectivity index (χ1n) is 12.4. The molecule has 200 valence electrons. The smallest absolute Gasteiger partial charge is 0.331 e. The van der Waals surface area contributed by atoms with Gasteiger partial charge in [-0.2, -0.15) is 0 Å². The van der Waals surface area contributed by atoms with Crippen LogP contribution in [0.1, 0.15) is 21.7 Å². The molecule has 2 aromatic carbocycles. The van der Waals surface area contributed by atoms with Crippen LogP contribution in [0.3, 0.4) is 0 Å². The molecule has 1 fully saturated rings. The van der Waals surface area contributed by atoms with Gasteiger partial charge in [-0.1, -0.05) is 18.2 Å². The number of aryl methyl sites for hydroxylation is 1. The highest BCUT2D eigenvalue weighted by Crippen LogP contribution is 2.46. The number of anilines is 3. The second-order valence-corrected chi connectivity index (χ2v) is 10.9. The van der Waals surface area contributed by atoms with Gasteiger partial charge in [0.15, 0.2) is 0 Å². The third kappa shape index (κ3) is 4.79. The Morgan fingerprint density at radius 1 is 1.15 bits per heavy atom. The van der Waals surface area contributed by atoms with Crippen molar-refractivity contribution in [3.63, 3.8) is 0 Å². The van der Waals surface area contributed by atoms with Crippen molar-refractivity contribution in [2.75, 3.05) is 30.4 Å². The number of thiophene rings is 1. The molecule has 2 aromatic heterocycles. The number of nitrogens with zero attached hydrogens (tertiary/aromatic N) is 3. The van der Waals surface area contributed by atoms with Gasteiger partial charge in [0.2, 0.25) is 0 Å². The number of carbonyl (C=O) groups is 2. The Labute approximate surface area is 227 Å². The molecular formula is C28H25F2N5O3S. The highest BCUT2D eigenvalue weighted by atomic mass is 32.1. The van der Waals surface area contributed by atoms with Crippen LogP contribution in [0.4, 0.5) is 30.6 Å². The van der Waals surface area contributed by atoms with Crippen molar-refractivity contribution in [1.29, 1.82) is 0 Å². The fraction of sp³-hybridized carbons (Fsp3) is 0.250.